The van der Waals surface area contributed by atoms with E-state index in [1.807, 2.05) is 38.1 Å². The molecule has 1 aliphatic heterocycles. The number of rotatable bonds is 4. The Hall–Kier alpha value is -2.63. The van der Waals surface area contributed by atoms with Crippen molar-refractivity contribution in [1.82, 2.24) is 9.78 Å². The van der Waals surface area contributed by atoms with Crippen LogP contribution in [0.15, 0.2) is 24.3 Å². The van der Waals surface area contributed by atoms with Crippen LogP contribution in [0.25, 0.3) is 11.1 Å². The number of nitrogens with zero attached hydrogens (tertiary/aromatic N) is 2. The molecule has 2 heterocycles. The number of hydrogen-bond donors (Lipinski definition) is 2. The van der Waals surface area contributed by atoms with Gasteiger partial charge in [-0.1, -0.05) is 36.8 Å². The second kappa shape index (κ2) is 5.29. The summed E-state index contributed by atoms with van der Waals surface area (Å²) in [6.45, 7) is 4.00. The van der Waals surface area contributed by atoms with Crippen molar-refractivity contribution >= 4 is 17.7 Å². The van der Waals surface area contributed by atoms with Crippen LogP contribution in [0.1, 0.15) is 30.6 Å². The minimum atomic E-state index is -1.02. The highest BCUT2D eigenvalue weighted by atomic mass is 16.4. The average Bonchev–Trinajstić information content (AvgIpc) is 2.96. The van der Waals surface area contributed by atoms with Gasteiger partial charge in [-0.2, -0.15) is 5.10 Å². The molecule has 2 aromatic rings. The molecule has 1 aromatic carbocycles. The predicted octanol–water partition coefficient (Wildman–Crippen LogP) is 2.39. The summed E-state index contributed by atoms with van der Waals surface area (Å²) in [7, 11) is 0. The van der Waals surface area contributed by atoms with Gasteiger partial charge in [-0.3, -0.25) is 9.59 Å². The van der Waals surface area contributed by atoms with Crippen LogP contribution >= 0.6 is 0 Å². The Morgan fingerprint density at radius 2 is 2.05 bits per heavy atom. The number of aryl methyl sites for hydroxylation is 2. The van der Waals surface area contributed by atoms with E-state index in [9.17, 15) is 9.59 Å². The van der Waals surface area contributed by atoms with E-state index in [4.69, 9.17) is 5.11 Å². The Morgan fingerprint density at radius 1 is 1.36 bits per heavy atom. The third-order valence-electron chi connectivity index (χ3n) is 3.87. The summed E-state index contributed by atoms with van der Waals surface area (Å²) in [6, 6.07) is 7.21. The molecule has 1 amide bonds. The topological polar surface area (TPSA) is 84.2 Å². The van der Waals surface area contributed by atoms with Crippen molar-refractivity contribution in [1.29, 1.82) is 0 Å². The summed E-state index contributed by atoms with van der Waals surface area (Å²) in [5, 5.41) is 16.2. The van der Waals surface area contributed by atoms with E-state index in [0.717, 1.165) is 22.4 Å². The molecule has 0 saturated heterocycles. The quantitative estimate of drug-likeness (QED) is 0.908. The molecule has 0 aliphatic carbocycles. The zero-order valence-corrected chi connectivity index (χ0v) is 12.5. The average molecular weight is 299 g/mol. The highest BCUT2D eigenvalue weighted by molar-refractivity contribution is 6.02. The van der Waals surface area contributed by atoms with E-state index in [1.165, 1.54) is 4.68 Å². The van der Waals surface area contributed by atoms with Gasteiger partial charge in [0.15, 0.2) is 0 Å². The number of amides is 1. The van der Waals surface area contributed by atoms with Crippen molar-refractivity contribution in [3.05, 3.63) is 35.5 Å². The molecule has 22 heavy (non-hydrogen) atoms. The molecular formula is C16H17N3O3. The van der Waals surface area contributed by atoms with Crippen LogP contribution in [0, 0.1) is 6.92 Å². The molecule has 6 nitrogen and oxygen atoms in total. The van der Waals surface area contributed by atoms with Crippen LogP contribution < -0.4 is 5.32 Å². The minimum absolute atomic E-state index is 0.267. The van der Waals surface area contributed by atoms with Crippen molar-refractivity contribution in [2.75, 3.05) is 5.32 Å². The van der Waals surface area contributed by atoms with Crippen LogP contribution in [0.3, 0.4) is 0 Å². The molecule has 2 N–H and O–H groups in total. The van der Waals surface area contributed by atoms with Gasteiger partial charge in [-0.15, -0.1) is 0 Å². The molecule has 0 fully saturated rings. The third kappa shape index (κ3) is 2.26. The first-order chi connectivity index (χ1) is 10.5. The highest BCUT2D eigenvalue weighted by Gasteiger charge is 2.36. The molecule has 6 heteroatoms. The number of aromatic nitrogens is 2. The van der Waals surface area contributed by atoms with Gasteiger partial charge in [-0.05, 0) is 18.9 Å². The van der Waals surface area contributed by atoms with Gasteiger partial charge < -0.3 is 10.4 Å². The van der Waals surface area contributed by atoms with Crippen LogP contribution in [0.5, 0.6) is 0 Å². The monoisotopic (exact) mass is 299 g/mol. The summed E-state index contributed by atoms with van der Waals surface area (Å²) in [6.07, 6.45) is 0.440. The van der Waals surface area contributed by atoms with E-state index in [0.29, 0.717) is 12.2 Å². The molecule has 0 spiro atoms. The first kappa shape index (κ1) is 14.3. The Labute approximate surface area is 127 Å². The first-order valence-electron chi connectivity index (χ1n) is 7.22. The number of carbonyl (C=O) groups is 2. The Kier molecular flexibility index (Phi) is 3.44. The molecule has 0 saturated carbocycles. The van der Waals surface area contributed by atoms with Crippen LogP contribution in [0.4, 0.5) is 5.82 Å². The fraction of sp³-hybridized carbons (Fsp3) is 0.312. The number of nitrogens with one attached hydrogen (secondary N) is 1. The molecule has 1 aromatic heterocycles. The normalized spacial score (nSPS) is 16.5. The maximum Gasteiger partial charge on any atom is 0.306 e. The number of anilines is 1. The summed E-state index contributed by atoms with van der Waals surface area (Å²) >= 11 is 0. The second-order valence-corrected chi connectivity index (χ2v) is 5.44. The van der Waals surface area contributed by atoms with E-state index < -0.39 is 12.0 Å². The molecule has 0 bridgehead atoms. The summed E-state index contributed by atoms with van der Waals surface area (Å²) in [4.78, 5) is 23.0. The van der Waals surface area contributed by atoms with Gasteiger partial charge in [0.2, 0.25) is 0 Å². The van der Waals surface area contributed by atoms with E-state index in [1.54, 1.807) is 0 Å². The molecular weight excluding hydrogens is 282 g/mol. The lowest BCUT2D eigenvalue weighted by atomic mass is 10.0. The minimum Gasteiger partial charge on any atom is -0.481 e. The van der Waals surface area contributed by atoms with Gasteiger partial charge >= 0.3 is 5.97 Å². The van der Waals surface area contributed by atoms with Crippen molar-refractivity contribution in [3.8, 4) is 11.1 Å². The summed E-state index contributed by atoms with van der Waals surface area (Å²) in [5.74, 6) is -0.740. The SMILES string of the molecule is CCc1nn2c(c1-c1ccc(C)cc1)NC(=O)[C@H]2CC(=O)O. The van der Waals surface area contributed by atoms with Crippen molar-refractivity contribution in [3.63, 3.8) is 0 Å². The van der Waals surface area contributed by atoms with E-state index in [2.05, 4.69) is 10.4 Å². The van der Waals surface area contributed by atoms with Crippen molar-refractivity contribution < 1.29 is 14.7 Å². The zero-order valence-electron chi connectivity index (χ0n) is 12.5. The lowest BCUT2D eigenvalue weighted by Crippen LogP contribution is -2.20. The van der Waals surface area contributed by atoms with Gasteiger partial charge in [0.25, 0.3) is 5.91 Å². The molecule has 1 aliphatic rings. The van der Waals surface area contributed by atoms with Crippen molar-refractivity contribution in [2.24, 2.45) is 0 Å². The fourth-order valence-corrected chi connectivity index (χ4v) is 2.75. The molecule has 0 radical (unpaired) electrons. The number of fused-ring (bicyclic) bond motifs is 1. The number of carboxylic acid groups (broad SMARTS) is 1. The van der Waals surface area contributed by atoms with E-state index in [-0.39, 0.29) is 12.3 Å². The summed E-state index contributed by atoms with van der Waals surface area (Å²) < 4.78 is 1.52. The standard InChI is InChI=1S/C16H17N3O3/c1-3-11-14(10-6-4-9(2)5-7-10)15-17-16(22)12(8-13(20)21)19(15)18-11/h4-7,12H,3,8H2,1-2H3,(H,17,22)(H,20,21)/t12-/m1/s1. The van der Waals surface area contributed by atoms with Crippen LogP contribution in [-0.4, -0.2) is 26.8 Å². The Bertz CT molecular complexity index is 747. The van der Waals surface area contributed by atoms with Gasteiger partial charge in [-0.25, -0.2) is 4.68 Å². The molecule has 1 atom stereocenters. The number of benzene rings is 1. The highest BCUT2D eigenvalue weighted by Crippen LogP contribution is 2.38. The van der Waals surface area contributed by atoms with Gasteiger partial charge in [0.05, 0.1) is 12.1 Å². The number of hydrogen-bond acceptors (Lipinski definition) is 3. The second-order valence-electron chi connectivity index (χ2n) is 5.44. The largest absolute Gasteiger partial charge is 0.481 e. The smallest absolute Gasteiger partial charge is 0.306 e. The Balaban J connectivity index is 2.11. The lowest BCUT2D eigenvalue weighted by Gasteiger charge is -2.05. The maximum absolute atomic E-state index is 12.0. The Morgan fingerprint density at radius 3 is 2.64 bits per heavy atom. The number of carboxylic acids is 1. The predicted molar refractivity (Wildman–Crippen MR) is 81.7 cm³/mol. The number of carbonyl (C=O) groups excluding carboxylic acids is 1. The lowest BCUT2D eigenvalue weighted by molar-refractivity contribution is -0.139. The van der Waals surface area contributed by atoms with Gasteiger partial charge in [0.1, 0.15) is 11.9 Å². The fourth-order valence-electron chi connectivity index (χ4n) is 2.75. The van der Waals surface area contributed by atoms with Crippen LogP contribution in [0.2, 0.25) is 0 Å². The maximum atomic E-state index is 12.0. The first-order valence-corrected chi connectivity index (χ1v) is 7.22. The molecule has 0 unspecified atom stereocenters. The number of aliphatic carboxylic acids is 1. The van der Waals surface area contributed by atoms with Gasteiger partial charge in [0, 0.05) is 5.56 Å². The molecule has 3 rings (SSSR count). The zero-order chi connectivity index (χ0) is 15.9. The van der Waals surface area contributed by atoms with E-state index >= 15 is 0 Å². The van der Waals surface area contributed by atoms with Crippen molar-refractivity contribution in [2.45, 2.75) is 32.7 Å². The molecule has 114 valence electrons. The summed E-state index contributed by atoms with van der Waals surface area (Å²) in [5.41, 5.74) is 3.86. The van der Waals surface area contributed by atoms with Crippen LogP contribution in [-0.2, 0) is 16.0 Å². The third-order valence-corrected chi connectivity index (χ3v) is 3.87.